The maximum absolute atomic E-state index is 9.19. The Hall–Kier alpha value is -0.380. The summed E-state index contributed by atoms with van der Waals surface area (Å²) in [7, 11) is 0. The van der Waals surface area contributed by atoms with E-state index >= 15 is 0 Å². The molecule has 0 saturated carbocycles. The van der Waals surface area contributed by atoms with Gasteiger partial charge in [-0.15, -0.1) is 0 Å². The number of hydrogen-bond donors (Lipinski definition) is 1. The summed E-state index contributed by atoms with van der Waals surface area (Å²) in [5.74, 6) is 0. The average Bonchev–Trinajstić information content (AvgIpc) is 2.31. The Morgan fingerprint density at radius 3 is 2.91 bits per heavy atom. The predicted octanol–water partition coefficient (Wildman–Crippen LogP) is 2.15. The number of rotatable bonds is 0. The van der Waals surface area contributed by atoms with Gasteiger partial charge in [0.2, 0.25) is 0 Å². The summed E-state index contributed by atoms with van der Waals surface area (Å²) in [5, 5.41) is 10.5. The van der Waals surface area contributed by atoms with Crippen molar-refractivity contribution in [2.75, 3.05) is 0 Å². The van der Waals surface area contributed by atoms with Gasteiger partial charge >= 0.3 is 0 Å². The molecule has 0 amide bonds. The quantitative estimate of drug-likeness (QED) is 0.715. The van der Waals surface area contributed by atoms with Crippen LogP contribution in [0.2, 0.25) is 0 Å². The maximum Gasteiger partial charge on any atom is 0.0506 e. The van der Waals surface area contributed by atoms with Crippen LogP contribution in [0.1, 0.15) is 11.1 Å². The van der Waals surface area contributed by atoms with Gasteiger partial charge in [0.05, 0.1) is 6.54 Å². The largest absolute Gasteiger partial charge is 0.313 e. The number of hydrogen-bond acceptors (Lipinski definition) is 2. The molecule has 1 heterocycles. The van der Waals surface area contributed by atoms with E-state index in [4.69, 9.17) is 0 Å². The Balaban J connectivity index is 2.49. The first kappa shape index (κ1) is 7.28. The summed E-state index contributed by atoms with van der Waals surface area (Å²) in [6.07, 6.45) is 0. The molecule has 1 N–H and O–H groups in total. The van der Waals surface area contributed by atoms with Gasteiger partial charge in [0.15, 0.2) is 0 Å². The van der Waals surface area contributed by atoms with E-state index in [1.165, 1.54) is 16.2 Å². The van der Waals surface area contributed by atoms with Crippen LogP contribution in [0.3, 0.4) is 0 Å². The van der Waals surface area contributed by atoms with E-state index < -0.39 is 0 Å². The molecule has 0 unspecified atom stereocenters. The van der Waals surface area contributed by atoms with Crippen molar-refractivity contribution in [2.45, 2.75) is 13.1 Å². The first-order valence-electron chi connectivity index (χ1n) is 3.47. The molecule has 0 saturated heterocycles. The Morgan fingerprint density at radius 1 is 1.36 bits per heavy atom. The highest BCUT2D eigenvalue weighted by Gasteiger charge is 2.18. The molecule has 0 fully saturated rings. The monoisotopic (exact) mass is 213 g/mol. The molecule has 1 aliphatic rings. The van der Waals surface area contributed by atoms with Gasteiger partial charge in [0, 0.05) is 11.0 Å². The molecular weight excluding hydrogens is 206 g/mol. The van der Waals surface area contributed by atoms with Gasteiger partial charge in [-0.25, -0.2) is 0 Å². The van der Waals surface area contributed by atoms with E-state index in [1.54, 1.807) is 0 Å². The van der Waals surface area contributed by atoms with Crippen LogP contribution in [0.5, 0.6) is 0 Å². The standard InChI is InChI=1S/C8H8BrNO/c9-8-3-1-2-6-4-10(11)5-7(6)8/h1-3,11H,4-5H2. The van der Waals surface area contributed by atoms with Crippen molar-refractivity contribution >= 4 is 15.9 Å². The van der Waals surface area contributed by atoms with Crippen molar-refractivity contribution in [3.8, 4) is 0 Å². The Morgan fingerprint density at radius 2 is 2.18 bits per heavy atom. The SMILES string of the molecule is ON1Cc2cccc(Br)c2C1. The normalized spacial score (nSPS) is 16.9. The highest BCUT2D eigenvalue weighted by Crippen LogP contribution is 2.27. The van der Waals surface area contributed by atoms with Gasteiger partial charge in [0.25, 0.3) is 0 Å². The van der Waals surface area contributed by atoms with Crippen LogP contribution in [-0.2, 0) is 13.1 Å². The molecule has 1 aromatic carbocycles. The van der Waals surface area contributed by atoms with Crippen molar-refractivity contribution in [3.05, 3.63) is 33.8 Å². The molecular formula is C8H8BrNO. The number of fused-ring (bicyclic) bond motifs is 1. The highest BCUT2D eigenvalue weighted by atomic mass is 79.9. The molecule has 11 heavy (non-hydrogen) atoms. The van der Waals surface area contributed by atoms with Gasteiger partial charge in [-0.05, 0) is 17.2 Å². The van der Waals surface area contributed by atoms with E-state index in [0.717, 1.165) is 4.47 Å². The number of hydroxylamine groups is 2. The fourth-order valence-electron chi connectivity index (χ4n) is 1.36. The van der Waals surface area contributed by atoms with E-state index in [9.17, 15) is 5.21 Å². The summed E-state index contributed by atoms with van der Waals surface area (Å²) in [6.45, 7) is 1.28. The molecule has 2 rings (SSSR count). The molecule has 0 aromatic heterocycles. The summed E-state index contributed by atoms with van der Waals surface area (Å²) in [4.78, 5) is 0. The van der Waals surface area contributed by atoms with Crippen molar-refractivity contribution in [2.24, 2.45) is 0 Å². The third-order valence-corrected chi connectivity index (χ3v) is 2.65. The highest BCUT2D eigenvalue weighted by molar-refractivity contribution is 9.10. The van der Waals surface area contributed by atoms with Crippen molar-refractivity contribution in [1.82, 2.24) is 5.06 Å². The Labute approximate surface area is 73.5 Å². The van der Waals surface area contributed by atoms with Gasteiger partial charge in [-0.1, -0.05) is 28.1 Å². The third-order valence-electron chi connectivity index (χ3n) is 1.91. The number of benzene rings is 1. The Kier molecular flexibility index (Phi) is 1.71. The summed E-state index contributed by atoms with van der Waals surface area (Å²) < 4.78 is 1.09. The first-order chi connectivity index (χ1) is 5.27. The molecule has 0 atom stereocenters. The van der Waals surface area contributed by atoms with Crippen LogP contribution in [0, 0.1) is 0 Å². The second-order valence-electron chi connectivity index (χ2n) is 2.70. The molecule has 0 bridgehead atoms. The molecule has 1 aromatic rings. The lowest BCUT2D eigenvalue weighted by Gasteiger charge is -2.01. The topological polar surface area (TPSA) is 23.5 Å². The lowest BCUT2D eigenvalue weighted by Crippen LogP contribution is -2.08. The van der Waals surface area contributed by atoms with Crippen molar-refractivity contribution in [3.63, 3.8) is 0 Å². The summed E-state index contributed by atoms with van der Waals surface area (Å²) in [5.41, 5.74) is 2.41. The van der Waals surface area contributed by atoms with Gasteiger partial charge in [-0.3, -0.25) is 0 Å². The zero-order chi connectivity index (χ0) is 7.84. The predicted molar refractivity (Wildman–Crippen MR) is 45.2 cm³/mol. The number of nitrogens with zero attached hydrogens (tertiary/aromatic N) is 1. The zero-order valence-electron chi connectivity index (χ0n) is 5.92. The fourth-order valence-corrected chi connectivity index (χ4v) is 1.90. The summed E-state index contributed by atoms with van der Waals surface area (Å²) in [6, 6.07) is 6.02. The van der Waals surface area contributed by atoms with Crippen LogP contribution in [0.25, 0.3) is 0 Å². The molecule has 0 aliphatic carbocycles. The molecule has 3 heteroatoms. The molecule has 1 aliphatic heterocycles. The second-order valence-corrected chi connectivity index (χ2v) is 3.55. The number of halogens is 1. The molecule has 0 spiro atoms. The zero-order valence-corrected chi connectivity index (χ0v) is 7.50. The van der Waals surface area contributed by atoms with Crippen LogP contribution in [-0.4, -0.2) is 10.3 Å². The lowest BCUT2D eigenvalue weighted by molar-refractivity contribution is -0.0970. The van der Waals surface area contributed by atoms with Gasteiger partial charge in [-0.2, -0.15) is 5.06 Å². The fraction of sp³-hybridized carbons (Fsp3) is 0.250. The molecule has 58 valence electrons. The minimum Gasteiger partial charge on any atom is -0.313 e. The van der Waals surface area contributed by atoms with E-state index in [-0.39, 0.29) is 0 Å². The average molecular weight is 214 g/mol. The first-order valence-corrected chi connectivity index (χ1v) is 4.27. The Bertz CT molecular complexity index is 287. The van der Waals surface area contributed by atoms with E-state index in [1.807, 2.05) is 18.2 Å². The van der Waals surface area contributed by atoms with Crippen molar-refractivity contribution < 1.29 is 5.21 Å². The molecule has 2 nitrogen and oxygen atoms in total. The van der Waals surface area contributed by atoms with E-state index in [2.05, 4.69) is 15.9 Å². The smallest absolute Gasteiger partial charge is 0.0506 e. The minimum absolute atomic E-state index is 0.636. The van der Waals surface area contributed by atoms with Crippen LogP contribution < -0.4 is 0 Å². The molecule has 0 radical (unpaired) electrons. The van der Waals surface area contributed by atoms with Crippen LogP contribution >= 0.6 is 15.9 Å². The maximum atomic E-state index is 9.19. The van der Waals surface area contributed by atoms with Crippen molar-refractivity contribution in [1.29, 1.82) is 0 Å². The minimum atomic E-state index is 0.636. The van der Waals surface area contributed by atoms with E-state index in [0.29, 0.717) is 13.1 Å². The van der Waals surface area contributed by atoms with Gasteiger partial charge < -0.3 is 5.21 Å². The second kappa shape index (κ2) is 2.59. The van der Waals surface area contributed by atoms with Crippen LogP contribution in [0.15, 0.2) is 22.7 Å². The van der Waals surface area contributed by atoms with Gasteiger partial charge in [0.1, 0.15) is 0 Å². The summed E-state index contributed by atoms with van der Waals surface area (Å²) >= 11 is 3.44. The third kappa shape index (κ3) is 1.20. The lowest BCUT2D eigenvalue weighted by atomic mass is 10.1. The van der Waals surface area contributed by atoms with Crippen LogP contribution in [0.4, 0.5) is 0 Å².